The van der Waals surface area contributed by atoms with E-state index < -0.39 is 4.92 Å². The first-order chi connectivity index (χ1) is 8.45. The molecule has 1 aromatic rings. The molecular formula is C10H15ClN4O3. The second-order valence-electron chi connectivity index (χ2n) is 3.97. The summed E-state index contributed by atoms with van der Waals surface area (Å²) < 4.78 is 4.98. The molecule has 0 aliphatic rings. The quantitative estimate of drug-likeness (QED) is 0.485. The normalized spacial score (nSPS) is 12.2. The molecule has 1 aromatic heterocycles. The summed E-state index contributed by atoms with van der Waals surface area (Å²) in [6.45, 7) is 4.54. The highest BCUT2D eigenvalue weighted by Crippen LogP contribution is 2.26. The van der Waals surface area contributed by atoms with Crippen LogP contribution in [0.1, 0.15) is 12.6 Å². The second kappa shape index (κ2) is 6.46. The molecule has 0 saturated carbocycles. The Hall–Kier alpha value is -1.47. The van der Waals surface area contributed by atoms with Gasteiger partial charge in [0.25, 0.3) is 0 Å². The number of hydrogen-bond acceptors (Lipinski definition) is 6. The largest absolute Gasteiger partial charge is 0.384 e. The summed E-state index contributed by atoms with van der Waals surface area (Å²) in [4.78, 5) is 18.0. The number of aromatic nitrogens is 2. The van der Waals surface area contributed by atoms with E-state index in [1.165, 1.54) is 6.92 Å². The minimum atomic E-state index is -0.519. The molecule has 0 fully saturated rings. The van der Waals surface area contributed by atoms with Crippen LogP contribution in [-0.4, -0.2) is 35.2 Å². The maximum atomic E-state index is 10.9. The van der Waals surface area contributed by atoms with Gasteiger partial charge in [0.2, 0.25) is 11.1 Å². The molecule has 0 spiro atoms. The standard InChI is InChI=1S/C10H15ClN4O3/c1-6(5-18-3)4-12-9-8(15(16)17)7(2)13-10(11)14-9/h6H,4-5H2,1-3H3,(H,12,13,14). The third-order valence-electron chi connectivity index (χ3n) is 2.28. The Bertz CT molecular complexity index is 441. The zero-order valence-electron chi connectivity index (χ0n) is 10.4. The van der Waals surface area contributed by atoms with E-state index in [9.17, 15) is 10.1 Å². The lowest BCUT2D eigenvalue weighted by Gasteiger charge is -2.12. The van der Waals surface area contributed by atoms with Crippen LogP contribution in [0, 0.1) is 23.0 Å². The number of rotatable bonds is 6. The van der Waals surface area contributed by atoms with Crippen LogP contribution in [0.15, 0.2) is 0 Å². The molecule has 0 amide bonds. The average Bonchev–Trinajstić information content (AvgIpc) is 2.25. The van der Waals surface area contributed by atoms with Crippen LogP contribution in [0.4, 0.5) is 11.5 Å². The summed E-state index contributed by atoms with van der Waals surface area (Å²) >= 11 is 5.69. The summed E-state index contributed by atoms with van der Waals surface area (Å²) in [7, 11) is 1.60. The van der Waals surface area contributed by atoms with Gasteiger partial charge in [-0.2, -0.15) is 4.98 Å². The van der Waals surface area contributed by atoms with Crippen molar-refractivity contribution < 1.29 is 9.66 Å². The Labute approximate surface area is 110 Å². The van der Waals surface area contributed by atoms with Gasteiger partial charge in [0.15, 0.2) is 0 Å². The van der Waals surface area contributed by atoms with Gasteiger partial charge in [-0.15, -0.1) is 0 Å². The number of halogens is 1. The van der Waals surface area contributed by atoms with Gasteiger partial charge in [0.1, 0.15) is 5.69 Å². The molecule has 18 heavy (non-hydrogen) atoms. The highest BCUT2D eigenvalue weighted by Gasteiger charge is 2.21. The lowest BCUT2D eigenvalue weighted by atomic mass is 10.2. The number of nitrogens with zero attached hydrogens (tertiary/aromatic N) is 3. The number of hydrogen-bond donors (Lipinski definition) is 1. The predicted molar refractivity (Wildman–Crippen MR) is 68.0 cm³/mol. The predicted octanol–water partition coefficient (Wildman–Crippen LogP) is 2.04. The van der Waals surface area contributed by atoms with Gasteiger partial charge in [-0.1, -0.05) is 6.92 Å². The first kappa shape index (κ1) is 14.6. The molecule has 1 N–H and O–H groups in total. The lowest BCUT2D eigenvalue weighted by molar-refractivity contribution is -0.385. The fourth-order valence-corrected chi connectivity index (χ4v) is 1.70. The lowest BCUT2D eigenvalue weighted by Crippen LogP contribution is -2.17. The monoisotopic (exact) mass is 274 g/mol. The van der Waals surface area contributed by atoms with Crippen molar-refractivity contribution in [2.24, 2.45) is 5.92 Å². The SMILES string of the molecule is COCC(C)CNc1nc(Cl)nc(C)c1[N+](=O)[O-]. The molecule has 100 valence electrons. The Morgan fingerprint density at radius 3 is 2.78 bits per heavy atom. The summed E-state index contributed by atoms with van der Waals surface area (Å²) in [5.41, 5.74) is 0.0888. The van der Waals surface area contributed by atoms with Crippen molar-refractivity contribution >= 4 is 23.1 Å². The molecule has 0 aromatic carbocycles. The van der Waals surface area contributed by atoms with E-state index in [2.05, 4.69) is 15.3 Å². The molecule has 0 bridgehead atoms. The zero-order valence-corrected chi connectivity index (χ0v) is 11.2. The van der Waals surface area contributed by atoms with Gasteiger partial charge in [0.05, 0.1) is 11.5 Å². The van der Waals surface area contributed by atoms with Crippen molar-refractivity contribution in [2.45, 2.75) is 13.8 Å². The topological polar surface area (TPSA) is 90.2 Å². The molecule has 7 nitrogen and oxygen atoms in total. The molecule has 1 unspecified atom stereocenters. The summed E-state index contributed by atoms with van der Waals surface area (Å²) in [6, 6.07) is 0. The van der Waals surface area contributed by atoms with Crippen molar-refractivity contribution in [2.75, 3.05) is 25.6 Å². The molecule has 1 heterocycles. The van der Waals surface area contributed by atoms with E-state index in [-0.39, 0.29) is 28.4 Å². The van der Waals surface area contributed by atoms with Gasteiger partial charge in [-0.25, -0.2) is 4.98 Å². The van der Waals surface area contributed by atoms with Crippen LogP contribution in [-0.2, 0) is 4.74 Å². The van der Waals surface area contributed by atoms with Crippen molar-refractivity contribution in [3.63, 3.8) is 0 Å². The molecule has 1 rings (SSSR count). The first-order valence-corrected chi connectivity index (χ1v) is 5.74. The first-order valence-electron chi connectivity index (χ1n) is 5.37. The Balaban J connectivity index is 2.90. The van der Waals surface area contributed by atoms with Gasteiger partial charge in [-0.3, -0.25) is 10.1 Å². The molecular weight excluding hydrogens is 260 g/mol. The number of nitrogens with one attached hydrogen (secondary N) is 1. The van der Waals surface area contributed by atoms with Gasteiger partial charge in [0, 0.05) is 13.7 Å². The fraction of sp³-hybridized carbons (Fsp3) is 0.600. The van der Waals surface area contributed by atoms with Crippen LogP contribution in [0.25, 0.3) is 0 Å². The molecule has 0 radical (unpaired) electrons. The number of anilines is 1. The summed E-state index contributed by atoms with van der Waals surface area (Å²) in [5, 5.41) is 13.8. The third kappa shape index (κ3) is 3.78. The summed E-state index contributed by atoms with van der Waals surface area (Å²) in [5.74, 6) is 0.337. The minimum Gasteiger partial charge on any atom is -0.384 e. The maximum absolute atomic E-state index is 10.9. The van der Waals surface area contributed by atoms with E-state index in [1.807, 2.05) is 6.92 Å². The summed E-state index contributed by atoms with van der Waals surface area (Å²) in [6.07, 6.45) is 0. The van der Waals surface area contributed by atoms with Crippen molar-refractivity contribution in [1.82, 2.24) is 9.97 Å². The van der Waals surface area contributed by atoms with E-state index in [0.717, 1.165) is 0 Å². The van der Waals surface area contributed by atoms with E-state index in [1.54, 1.807) is 7.11 Å². The maximum Gasteiger partial charge on any atom is 0.332 e. The van der Waals surface area contributed by atoms with Crippen LogP contribution in [0.3, 0.4) is 0 Å². The molecule has 1 atom stereocenters. The van der Waals surface area contributed by atoms with Crippen molar-refractivity contribution in [1.29, 1.82) is 0 Å². The highest BCUT2D eigenvalue weighted by molar-refractivity contribution is 6.28. The smallest absolute Gasteiger partial charge is 0.332 e. The Morgan fingerprint density at radius 2 is 2.22 bits per heavy atom. The number of ether oxygens (including phenoxy) is 1. The number of nitro groups is 1. The van der Waals surface area contributed by atoms with Crippen LogP contribution in [0.5, 0.6) is 0 Å². The van der Waals surface area contributed by atoms with E-state index in [0.29, 0.717) is 13.2 Å². The van der Waals surface area contributed by atoms with Crippen molar-refractivity contribution in [3.05, 3.63) is 21.1 Å². The van der Waals surface area contributed by atoms with Gasteiger partial charge in [-0.05, 0) is 24.4 Å². The molecule has 0 saturated heterocycles. The van der Waals surface area contributed by atoms with Crippen LogP contribution >= 0.6 is 11.6 Å². The molecule has 0 aliphatic carbocycles. The zero-order chi connectivity index (χ0) is 13.7. The highest BCUT2D eigenvalue weighted by atomic mass is 35.5. The van der Waals surface area contributed by atoms with E-state index >= 15 is 0 Å². The van der Waals surface area contributed by atoms with Gasteiger partial charge >= 0.3 is 5.69 Å². The average molecular weight is 275 g/mol. The molecule has 8 heteroatoms. The minimum absolute atomic E-state index is 0.0139. The number of aryl methyl sites for hydroxylation is 1. The Kier molecular flexibility index (Phi) is 5.24. The third-order valence-corrected chi connectivity index (χ3v) is 2.45. The van der Waals surface area contributed by atoms with Crippen LogP contribution < -0.4 is 5.32 Å². The number of methoxy groups -OCH3 is 1. The second-order valence-corrected chi connectivity index (χ2v) is 4.31. The van der Waals surface area contributed by atoms with E-state index in [4.69, 9.17) is 16.3 Å². The fourth-order valence-electron chi connectivity index (χ4n) is 1.49. The molecule has 0 aliphatic heterocycles. The van der Waals surface area contributed by atoms with Crippen LogP contribution in [0.2, 0.25) is 5.28 Å². The van der Waals surface area contributed by atoms with Crippen molar-refractivity contribution in [3.8, 4) is 0 Å². The Morgan fingerprint density at radius 1 is 1.56 bits per heavy atom. The van der Waals surface area contributed by atoms with Gasteiger partial charge < -0.3 is 10.1 Å².